The smallest absolute Gasteiger partial charge is 0.244 e. The number of amides is 2. The molecule has 0 spiro atoms. The van der Waals surface area contributed by atoms with Crippen molar-refractivity contribution in [3.63, 3.8) is 0 Å². The third kappa shape index (κ3) is 5.11. The molecule has 5 nitrogen and oxygen atoms in total. The van der Waals surface area contributed by atoms with Crippen LogP contribution < -0.4 is 5.32 Å². The van der Waals surface area contributed by atoms with Crippen molar-refractivity contribution >= 4 is 11.8 Å². The Balaban J connectivity index is 4.09. The molecule has 0 aliphatic heterocycles. The van der Waals surface area contributed by atoms with Gasteiger partial charge in [0.15, 0.2) is 0 Å². The van der Waals surface area contributed by atoms with Crippen LogP contribution in [0.25, 0.3) is 0 Å². The van der Waals surface area contributed by atoms with Gasteiger partial charge in [-0.1, -0.05) is 13.8 Å². The molecule has 2 amide bonds. The van der Waals surface area contributed by atoms with E-state index in [-0.39, 0.29) is 11.8 Å². The van der Waals surface area contributed by atoms with E-state index in [9.17, 15) is 9.59 Å². The largest absolute Gasteiger partial charge is 0.347 e. The molecule has 16 heavy (non-hydrogen) atoms. The fourth-order valence-electron chi connectivity index (χ4n) is 1.39. The van der Waals surface area contributed by atoms with E-state index in [1.54, 1.807) is 21.0 Å². The van der Waals surface area contributed by atoms with Gasteiger partial charge in [0.2, 0.25) is 11.8 Å². The lowest BCUT2D eigenvalue weighted by atomic mass is 10.3. The first-order valence-electron chi connectivity index (χ1n) is 5.65. The minimum absolute atomic E-state index is 0.0899. The highest BCUT2D eigenvalue weighted by Gasteiger charge is 2.17. The van der Waals surface area contributed by atoms with Crippen molar-refractivity contribution in [2.24, 2.45) is 0 Å². The quantitative estimate of drug-likeness (QED) is 0.693. The maximum Gasteiger partial charge on any atom is 0.244 e. The van der Waals surface area contributed by atoms with Gasteiger partial charge in [0, 0.05) is 14.1 Å². The van der Waals surface area contributed by atoms with Gasteiger partial charge in [-0.05, 0) is 20.0 Å². The van der Waals surface area contributed by atoms with Crippen LogP contribution in [-0.4, -0.2) is 61.4 Å². The number of nitrogens with zero attached hydrogens (tertiary/aromatic N) is 2. The van der Waals surface area contributed by atoms with Crippen molar-refractivity contribution in [2.45, 2.75) is 26.8 Å². The van der Waals surface area contributed by atoms with Gasteiger partial charge in [-0.2, -0.15) is 0 Å². The second-order valence-electron chi connectivity index (χ2n) is 3.98. The van der Waals surface area contributed by atoms with Crippen LogP contribution in [0.2, 0.25) is 0 Å². The lowest BCUT2D eigenvalue weighted by molar-refractivity contribution is -0.134. The van der Waals surface area contributed by atoms with E-state index < -0.39 is 6.04 Å². The molecule has 0 aromatic heterocycles. The van der Waals surface area contributed by atoms with Gasteiger partial charge in [0.25, 0.3) is 0 Å². The predicted octanol–water partition coefficient (Wildman–Crippen LogP) is -0.0789. The lowest BCUT2D eigenvalue weighted by Gasteiger charge is -2.21. The number of likely N-dealkylation sites (N-methyl/N-ethyl adjacent to an activating group) is 2. The molecule has 1 atom stereocenters. The average Bonchev–Trinajstić information content (AvgIpc) is 2.24. The number of nitrogens with one attached hydrogen (secondary N) is 1. The summed E-state index contributed by atoms with van der Waals surface area (Å²) >= 11 is 0. The summed E-state index contributed by atoms with van der Waals surface area (Å²) in [6.45, 7) is 7.72. The molecule has 0 aromatic rings. The molecule has 5 heteroatoms. The Morgan fingerprint density at radius 1 is 1.19 bits per heavy atom. The third-order valence-corrected chi connectivity index (χ3v) is 2.45. The van der Waals surface area contributed by atoms with E-state index in [4.69, 9.17) is 0 Å². The molecule has 1 N–H and O–H groups in total. The van der Waals surface area contributed by atoms with Gasteiger partial charge in [-0.15, -0.1) is 0 Å². The zero-order chi connectivity index (χ0) is 12.7. The Bertz CT molecular complexity index is 237. The molecule has 0 saturated carbocycles. The summed E-state index contributed by atoms with van der Waals surface area (Å²) in [6.07, 6.45) is 0. The topological polar surface area (TPSA) is 52.7 Å². The average molecular weight is 229 g/mol. The summed E-state index contributed by atoms with van der Waals surface area (Å²) in [7, 11) is 3.35. The van der Waals surface area contributed by atoms with Crippen molar-refractivity contribution in [3.8, 4) is 0 Å². The summed E-state index contributed by atoms with van der Waals surface area (Å²) in [5.74, 6) is -0.195. The van der Waals surface area contributed by atoms with Crippen LogP contribution in [0.3, 0.4) is 0 Å². The zero-order valence-electron chi connectivity index (χ0n) is 10.9. The number of carbonyl (C=O) groups excluding carboxylic acids is 2. The number of carbonyl (C=O) groups is 2. The highest BCUT2D eigenvalue weighted by atomic mass is 16.2. The van der Waals surface area contributed by atoms with E-state index in [1.165, 1.54) is 4.90 Å². The Morgan fingerprint density at radius 2 is 1.69 bits per heavy atom. The number of hydrogen-bond acceptors (Lipinski definition) is 3. The summed E-state index contributed by atoms with van der Waals surface area (Å²) in [4.78, 5) is 26.6. The van der Waals surface area contributed by atoms with E-state index in [2.05, 4.69) is 5.32 Å². The Morgan fingerprint density at radius 3 is 2.06 bits per heavy atom. The Kier molecular flexibility index (Phi) is 6.72. The monoisotopic (exact) mass is 229 g/mol. The third-order valence-electron chi connectivity index (χ3n) is 2.45. The number of rotatable bonds is 6. The molecule has 0 unspecified atom stereocenters. The fraction of sp³-hybridized carbons (Fsp3) is 0.818. The Hall–Kier alpha value is -1.10. The highest BCUT2D eigenvalue weighted by molar-refractivity contribution is 5.87. The maximum atomic E-state index is 11.6. The molecule has 0 saturated heterocycles. The van der Waals surface area contributed by atoms with Crippen LogP contribution in [0.1, 0.15) is 20.8 Å². The van der Waals surface area contributed by atoms with Crippen molar-refractivity contribution in [3.05, 3.63) is 0 Å². The summed E-state index contributed by atoms with van der Waals surface area (Å²) in [6, 6.07) is -0.460. The lowest BCUT2D eigenvalue weighted by Crippen LogP contribution is -2.47. The van der Waals surface area contributed by atoms with Crippen LogP contribution >= 0.6 is 0 Å². The van der Waals surface area contributed by atoms with Crippen molar-refractivity contribution in [2.75, 3.05) is 33.7 Å². The first-order valence-corrected chi connectivity index (χ1v) is 5.65. The number of hydrogen-bond donors (Lipinski definition) is 1. The molecule has 0 bridgehead atoms. The molecular weight excluding hydrogens is 206 g/mol. The normalized spacial score (nSPS) is 12.4. The van der Waals surface area contributed by atoms with Crippen LogP contribution in [-0.2, 0) is 9.59 Å². The summed E-state index contributed by atoms with van der Waals surface area (Å²) in [5.41, 5.74) is 0. The zero-order valence-corrected chi connectivity index (χ0v) is 10.9. The van der Waals surface area contributed by atoms with Gasteiger partial charge in [0.05, 0.1) is 6.54 Å². The molecule has 0 rings (SSSR count). The maximum absolute atomic E-state index is 11.6. The van der Waals surface area contributed by atoms with E-state index in [0.29, 0.717) is 6.54 Å². The van der Waals surface area contributed by atoms with E-state index in [0.717, 1.165) is 13.1 Å². The SMILES string of the molecule is CCN(CC)CC(=O)N[C@H](C)C(=O)N(C)C. The summed E-state index contributed by atoms with van der Waals surface area (Å²) in [5, 5.41) is 2.69. The van der Waals surface area contributed by atoms with Crippen molar-refractivity contribution in [1.82, 2.24) is 15.1 Å². The minimum Gasteiger partial charge on any atom is -0.347 e. The first-order chi connectivity index (χ1) is 7.42. The van der Waals surface area contributed by atoms with Crippen LogP contribution in [0.15, 0.2) is 0 Å². The van der Waals surface area contributed by atoms with E-state index in [1.807, 2.05) is 18.7 Å². The van der Waals surface area contributed by atoms with E-state index >= 15 is 0 Å². The van der Waals surface area contributed by atoms with Crippen LogP contribution in [0.4, 0.5) is 0 Å². The minimum atomic E-state index is -0.460. The van der Waals surface area contributed by atoms with Gasteiger partial charge in [0.1, 0.15) is 6.04 Å². The second kappa shape index (κ2) is 7.22. The van der Waals surface area contributed by atoms with Crippen LogP contribution in [0, 0.1) is 0 Å². The fourth-order valence-corrected chi connectivity index (χ4v) is 1.39. The van der Waals surface area contributed by atoms with Crippen molar-refractivity contribution < 1.29 is 9.59 Å². The standard InChI is InChI=1S/C11H23N3O2/c1-6-14(7-2)8-10(15)12-9(3)11(16)13(4)5/h9H,6-8H2,1-5H3,(H,12,15)/t9-/m1/s1. The van der Waals surface area contributed by atoms with Crippen molar-refractivity contribution in [1.29, 1.82) is 0 Å². The molecule has 0 aliphatic rings. The molecule has 0 aromatic carbocycles. The highest BCUT2D eigenvalue weighted by Crippen LogP contribution is 1.91. The van der Waals surface area contributed by atoms with Gasteiger partial charge < -0.3 is 10.2 Å². The summed E-state index contributed by atoms with van der Waals surface area (Å²) < 4.78 is 0. The molecular formula is C11H23N3O2. The van der Waals surface area contributed by atoms with Gasteiger partial charge in [-0.3, -0.25) is 14.5 Å². The Labute approximate surface area is 97.8 Å². The van der Waals surface area contributed by atoms with Crippen LogP contribution in [0.5, 0.6) is 0 Å². The van der Waals surface area contributed by atoms with Gasteiger partial charge >= 0.3 is 0 Å². The van der Waals surface area contributed by atoms with Gasteiger partial charge in [-0.25, -0.2) is 0 Å². The second-order valence-corrected chi connectivity index (χ2v) is 3.98. The molecule has 0 heterocycles. The molecule has 0 aliphatic carbocycles. The molecule has 94 valence electrons. The molecule has 0 radical (unpaired) electrons. The predicted molar refractivity (Wildman–Crippen MR) is 64.1 cm³/mol. The first kappa shape index (κ1) is 14.9. The molecule has 0 fully saturated rings.